The SMILES string of the molecule is Cc1cnc(C(=O)N(CCC(=O)NCCC(C)C)CC(C)C)cn1. The van der Waals surface area contributed by atoms with Crippen molar-refractivity contribution in [3.05, 3.63) is 23.8 Å². The van der Waals surface area contributed by atoms with E-state index in [2.05, 4.69) is 29.1 Å². The molecular weight excluding hydrogens is 304 g/mol. The number of rotatable bonds is 9. The van der Waals surface area contributed by atoms with Gasteiger partial charge in [-0.3, -0.25) is 14.6 Å². The fourth-order valence-electron chi connectivity index (χ4n) is 2.21. The summed E-state index contributed by atoms with van der Waals surface area (Å²) < 4.78 is 0. The van der Waals surface area contributed by atoms with Gasteiger partial charge in [-0.15, -0.1) is 0 Å². The van der Waals surface area contributed by atoms with Crippen LogP contribution in [0.1, 0.15) is 56.7 Å². The lowest BCUT2D eigenvalue weighted by Crippen LogP contribution is -2.38. The second-order valence-electron chi connectivity index (χ2n) is 6.97. The van der Waals surface area contributed by atoms with Gasteiger partial charge in [0, 0.05) is 32.3 Å². The lowest BCUT2D eigenvalue weighted by molar-refractivity contribution is -0.121. The van der Waals surface area contributed by atoms with Gasteiger partial charge in [0.1, 0.15) is 5.69 Å². The standard InChI is InChI=1S/C18H30N4O2/c1-13(2)6-8-19-17(23)7-9-22(12-14(3)4)18(24)16-11-20-15(5)10-21-16/h10-11,13-14H,6-9,12H2,1-5H3,(H,19,23). The first-order valence-electron chi connectivity index (χ1n) is 8.64. The molecule has 0 aromatic carbocycles. The third kappa shape index (κ3) is 7.53. The average Bonchev–Trinajstić information content (AvgIpc) is 2.50. The van der Waals surface area contributed by atoms with Crippen LogP contribution in [0.15, 0.2) is 12.4 Å². The van der Waals surface area contributed by atoms with Crippen LogP contribution < -0.4 is 5.32 Å². The Morgan fingerprint density at radius 3 is 2.38 bits per heavy atom. The van der Waals surface area contributed by atoms with E-state index in [1.165, 1.54) is 6.20 Å². The molecule has 1 rings (SSSR count). The van der Waals surface area contributed by atoms with Crippen molar-refractivity contribution in [2.45, 2.75) is 47.5 Å². The highest BCUT2D eigenvalue weighted by Gasteiger charge is 2.19. The number of hydrogen-bond acceptors (Lipinski definition) is 4. The first kappa shape index (κ1) is 20.1. The third-order valence-corrected chi connectivity index (χ3v) is 3.53. The Bertz CT molecular complexity index is 526. The van der Waals surface area contributed by atoms with E-state index >= 15 is 0 Å². The van der Waals surface area contributed by atoms with Gasteiger partial charge in [-0.1, -0.05) is 27.7 Å². The van der Waals surface area contributed by atoms with Gasteiger partial charge in [-0.2, -0.15) is 0 Å². The Labute approximate surface area is 145 Å². The molecule has 0 saturated carbocycles. The van der Waals surface area contributed by atoms with Crippen LogP contribution in [0.5, 0.6) is 0 Å². The number of carbonyl (C=O) groups excluding carboxylic acids is 2. The minimum absolute atomic E-state index is 0.0211. The zero-order valence-electron chi connectivity index (χ0n) is 15.5. The zero-order chi connectivity index (χ0) is 18.1. The first-order valence-corrected chi connectivity index (χ1v) is 8.64. The molecule has 134 valence electrons. The molecule has 0 fully saturated rings. The molecule has 0 aliphatic carbocycles. The van der Waals surface area contributed by atoms with Crippen molar-refractivity contribution >= 4 is 11.8 Å². The van der Waals surface area contributed by atoms with Gasteiger partial charge in [-0.25, -0.2) is 4.98 Å². The second kappa shape index (κ2) is 10.0. The van der Waals surface area contributed by atoms with E-state index in [1.807, 2.05) is 20.8 Å². The predicted molar refractivity (Wildman–Crippen MR) is 94.6 cm³/mol. The molecule has 0 radical (unpaired) electrons. The maximum atomic E-state index is 12.6. The van der Waals surface area contributed by atoms with E-state index in [0.29, 0.717) is 43.6 Å². The van der Waals surface area contributed by atoms with E-state index in [1.54, 1.807) is 11.1 Å². The van der Waals surface area contributed by atoms with Crippen molar-refractivity contribution in [3.8, 4) is 0 Å². The van der Waals surface area contributed by atoms with Crippen molar-refractivity contribution in [3.63, 3.8) is 0 Å². The largest absolute Gasteiger partial charge is 0.356 e. The highest BCUT2D eigenvalue weighted by atomic mass is 16.2. The van der Waals surface area contributed by atoms with Crippen LogP contribution in [0.2, 0.25) is 0 Å². The van der Waals surface area contributed by atoms with Gasteiger partial charge in [0.15, 0.2) is 0 Å². The van der Waals surface area contributed by atoms with Crippen molar-refractivity contribution in [1.29, 1.82) is 0 Å². The molecule has 0 unspecified atom stereocenters. The van der Waals surface area contributed by atoms with Crippen LogP contribution in [0.3, 0.4) is 0 Å². The molecule has 0 aliphatic rings. The Hall–Kier alpha value is -1.98. The first-order chi connectivity index (χ1) is 11.3. The molecule has 24 heavy (non-hydrogen) atoms. The smallest absolute Gasteiger partial charge is 0.274 e. The molecule has 6 heteroatoms. The Kier molecular flexibility index (Phi) is 8.36. The normalized spacial score (nSPS) is 11.0. The molecule has 0 aliphatic heterocycles. The van der Waals surface area contributed by atoms with Crippen molar-refractivity contribution < 1.29 is 9.59 Å². The summed E-state index contributed by atoms with van der Waals surface area (Å²) in [5.41, 5.74) is 1.09. The molecule has 0 saturated heterocycles. The molecule has 1 heterocycles. The number of aryl methyl sites for hydroxylation is 1. The number of carbonyl (C=O) groups is 2. The molecule has 6 nitrogen and oxygen atoms in total. The van der Waals surface area contributed by atoms with Gasteiger partial charge in [-0.05, 0) is 25.2 Å². The molecule has 0 atom stereocenters. The molecule has 1 aromatic rings. The molecule has 0 spiro atoms. The minimum Gasteiger partial charge on any atom is -0.356 e. The van der Waals surface area contributed by atoms with Gasteiger partial charge >= 0.3 is 0 Å². The zero-order valence-corrected chi connectivity index (χ0v) is 15.5. The third-order valence-electron chi connectivity index (χ3n) is 3.53. The van der Waals surface area contributed by atoms with Crippen LogP contribution >= 0.6 is 0 Å². The summed E-state index contributed by atoms with van der Waals surface area (Å²) in [7, 11) is 0. The number of aromatic nitrogens is 2. The lowest BCUT2D eigenvalue weighted by Gasteiger charge is -2.24. The molecule has 2 amide bonds. The van der Waals surface area contributed by atoms with Crippen molar-refractivity contribution in [2.75, 3.05) is 19.6 Å². The van der Waals surface area contributed by atoms with Gasteiger partial charge in [0.05, 0.1) is 11.9 Å². The summed E-state index contributed by atoms with van der Waals surface area (Å²) in [5, 5.41) is 2.90. The average molecular weight is 334 g/mol. The number of nitrogens with zero attached hydrogens (tertiary/aromatic N) is 3. The topological polar surface area (TPSA) is 75.2 Å². The Balaban J connectivity index is 2.60. The van der Waals surface area contributed by atoms with Crippen LogP contribution in [0, 0.1) is 18.8 Å². The quantitative estimate of drug-likeness (QED) is 0.752. The minimum atomic E-state index is -0.175. The molecule has 1 N–H and O–H groups in total. The molecule has 0 bridgehead atoms. The van der Waals surface area contributed by atoms with Crippen molar-refractivity contribution in [1.82, 2.24) is 20.2 Å². The van der Waals surface area contributed by atoms with E-state index in [4.69, 9.17) is 0 Å². The van der Waals surface area contributed by atoms with Gasteiger partial charge in [0.25, 0.3) is 5.91 Å². The van der Waals surface area contributed by atoms with Gasteiger partial charge < -0.3 is 10.2 Å². The Morgan fingerprint density at radius 2 is 1.83 bits per heavy atom. The van der Waals surface area contributed by atoms with E-state index in [0.717, 1.165) is 12.1 Å². The van der Waals surface area contributed by atoms with Crippen molar-refractivity contribution in [2.24, 2.45) is 11.8 Å². The van der Waals surface area contributed by atoms with Crippen LogP contribution in [-0.2, 0) is 4.79 Å². The van der Waals surface area contributed by atoms with E-state index in [9.17, 15) is 9.59 Å². The molecule has 1 aromatic heterocycles. The van der Waals surface area contributed by atoms with E-state index in [-0.39, 0.29) is 11.8 Å². The van der Waals surface area contributed by atoms with Crippen LogP contribution in [0.4, 0.5) is 0 Å². The monoisotopic (exact) mass is 334 g/mol. The highest BCUT2D eigenvalue weighted by Crippen LogP contribution is 2.07. The number of amides is 2. The number of hydrogen-bond donors (Lipinski definition) is 1. The molecular formula is C18H30N4O2. The second-order valence-corrected chi connectivity index (χ2v) is 6.97. The predicted octanol–water partition coefficient (Wildman–Crippen LogP) is 2.44. The summed E-state index contributed by atoms with van der Waals surface area (Å²) in [6, 6.07) is 0. The van der Waals surface area contributed by atoms with Crippen LogP contribution in [-0.4, -0.2) is 46.3 Å². The Morgan fingerprint density at radius 1 is 1.12 bits per heavy atom. The van der Waals surface area contributed by atoms with Gasteiger partial charge in [0.2, 0.25) is 5.91 Å². The number of nitrogens with one attached hydrogen (secondary N) is 1. The summed E-state index contributed by atoms with van der Waals surface area (Å²) in [4.78, 5) is 34.5. The summed E-state index contributed by atoms with van der Waals surface area (Å²) in [6.07, 6.45) is 4.34. The lowest BCUT2D eigenvalue weighted by atomic mass is 10.1. The highest BCUT2D eigenvalue weighted by molar-refractivity contribution is 5.92. The van der Waals surface area contributed by atoms with E-state index < -0.39 is 0 Å². The maximum Gasteiger partial charge on any atom is 0.274 e. The van der Waals surface area contributed by atoms with Crippen LogP contribution in [0.25, 0.3) is 0 Å². The summed E-state index contributed by atoms with van der Waals surface area (Å²) in [5.74, 6) is 0.680. The summed E-state index contributed by atoms with van der Waals surface area (Å²) in [6.45, 7) is 11.8. The fourth-order valence-corrected chi connectivity index (χ4v) is 2.21. The fraction of sp³-hybridized carbons (Fsp3) is 0.667. The maximum absolute atomic E-state index is 12.6. The summed E-state index contributed by atoms with van der Waals surface area (Å²) >= 11 is 0.